The maximum absolute atomic E-state index is 14.2. The van der Waals surface area contributed by atoms with Gasteiger partial charge < -0.3 is 9.84 Å². The Labute approximate surface area is 258 Å². The maximum atomic E-state index is 14.2. The molecule has 0 saturated carbocycles. The number of rotatable bonds is 10. The second-order valence-corrected chi connectivity index (χ2v) is 13.9. The first kappa shape index (κ1) is 30.3. The summed E-state index contributed by atoms with van der Waals surface area (Å²) in [6, 6.07) is 16.6. The van der Waals surface area contributed by atoms with Gasteiger partial charge in [-0.3, -0.25) is 4.79 Å². The van der Waals surface area contributed by atoms with E-state index >= 15 is 0 Å². The molecular weight excluding hydrogens is 576 g/mol. The molecule has 6 rings (SSSR count). The van der Waals surface area contributed by atoms with Crippen molar-refractivity contribution in [2.75, 3.05) is 6.54 Å². The summed E-state index contributed by atoms with van der Waals surface area (Å²) in [4.78, 5) is 12.4. The summed E-state index contributed by atoms with van der Waals surface area (Å²) in [6.45, 7) is 7.22. The molecule has 44 heavy (non-hydrogen) atoms. The van der Waals surface area contributed by atoms with E-state index in [2.05, 4.69) is 24.2 Å². The number of ether oxygens (including phenoxy) is 1. The highest BCUT2D eigenvalue weighted by atomic mass is 32.2. The van der Waals surface area contributed by atoms with Crippen LogP contribution in [0.2, 0.25) is 0 Å². The lowest BCUT2D eigenvalue weighted by atomic mass is 9.84. The first-order valence-electron chi connectivity index (χ1n) is 15.7. The third-order valence-corrected chi connectivity index (χ3v) is 11.0. The highest BCUT2D eigenvalue weighted by molar-refractivity contribution is 7.89. The number of aliphatic carboxylic acids is 1. The Morgan fingerprint density at radius 2 is 1.93 bits per heavy atom. The van der Waals surface area contributed by atoms with Gasteiger partial charge in [0.2, 0.25) is 10.0 Å². The van der Waals surface area contributed by atoms with Crippen molar-refractivity contribution in [3.05, 3.63) is 82.4 Å². The number of hydrogen-bond donors (Lipinski definition) is 1. The average molecular weight is 617 g/mol. The Morgan fingerprint density at radius 1 is 1.11 bits per heavy atom. The maximum Gasteiger partial charge on any atom is 0.304 e. The van der Waals surface area contributed by atoms with Crippen LogP contribution in [-0.2, 0) is 27.8 Å². The van der Waals surface area contributed by atoms with Crippen molar-refractivity contribution in [1.82, 2.24) is 19.3 Å². The van der Waals surface area contributed by atoms with E-state index < -0.39 is 21.9 Å². The third-order valence-electron chi connectivity index (χ3n) is 9.13. The SMILES string of the molecule is CCCCC1CN(C2CCc3ccc(C(CC(=O)O)c4ccc5c(nnn5CCC)c4C)cc32)S(=O)(=O)c2ccccc2O1. The highest BCUT2D eigenvalue weighted by Gasteiger charge is 2.41. The third kappa shape index (κ3) is 5.49. The normalized spacial score (nSPS) is 20.1. The van der Waals surface area contributed by atoms with Crippen LogP contribution in [0.15, 0.2) is 59.5 Å². The van der Waals surface area contributed by atoms with Crippen LogP contribution in [-0.4, -0.2) is 51.4 Å². The Balaban J connectivity index is 1.41. The molecule has 0 saturated heterocycles. The van der Waals surface area contributed by atoms with Gasteiger partial charge in [0, 0.05) is 12.5 Å². The molecule has 1 aliphatic carbocycles. The van der Waals surface area contributed by atoms with Crippen LogP contribution in [0, 0.1) is 6.92 Å². The van der Waals surface area contributed by atoms with Crippen molar-refractivity contribution in [2.45, 2.75) is 95.2 Å². The molecule has 3 atom stereocenters. The summed E-state index contributed by atoms with van der Waals surface area (Å²) >= 11 is 0. The fourth-order valence-electron chi connectivity index (χ4n) is 6.91. The Bertz CT molecular complexity index is 1800. The number of unbranched alkanes of at least 4 members (excludes halogenated alkanes) is 1. The molecule has 1 N–H and O–H groups in total. The minimum atomic E-state index is -3.84. The number of carboxylic acid groups (broad SMARTS) is 1. The molecule has 3 aromatic carbocycles. The average Bonchev–Trinajstić information content (AvgIpc) is 3.59. The molecule has 0 bridgehead atoms. The molecule has 0 spiro atoms. The first-order chi connectivity index (χ1) is 21.2. The Kier molecular flexibility index (Phi) is 8.48. The summed E-state index contributed by atoms with van der Waals surface area (Å²) in [5, 5.41) is 18.8. The molecule has 10 heteroatoms. The van der Waals surface area contributed by atoms with E-state index in [1.54, 1.807) is 22.5 Å². The molecule has 0 fully saturated rings. The fourth-order valence-corrected chi connectivity index (χ4v) is 8.70. The zero-order valence-electron chi connectivity index (χ0n) is 25.6. The lowest BCUT2D eigenvalue weighted by Gasteiger charge is -2.30. The number of sulfonamides is 1. The van der Waals surface area contributed by atoms with Gasteiger partial charge in [-0.1, -0.05) is 61.9 Å². The molecule has 2 heterocycles. The number of carbonyl (C=O) groups is 1. The molecule has 1 aromatic heterocycles. The van der Waals surface area contributed by atoms with Gasteiger partial charge in [-0.15, -0.1) is 5.10 Å². The summed E-state index contributed by atoms with van der Waals surface area (Å²) in [5.41, 5.74) is 6.41. The first-order valence-corrected chi connectivity index (χ1v) is 17.1. The number of nitrogens with zero attached hydrogens (tertiary/aromatic N) is 4. The number of aryl methyl sites for hydroxylation is 3. The minimum absolute atomic E-state index is 0.0960. The molecular formula is C34H40N4O5S. The minimum Gasteiger partial charge on any atom is -0.488 e. The van der Waals surface area contributed by atoms with Crippen molar-refractivity contribution in [3.8, 4) is 5.75 Å². The number of hydrogen-bond acceptors (Lipinski definition) is 6. The quantitative estimate of drug-likeness (QED) is 0.220. The van der Waals surface area contributed by atoms with Crippen LogP contribution < -0.4 is 4.74 Å². The smallest absolute Gasteiger partial charge is 0.304 e. The van der Waals surface area contributed by atoms with E-state index in [-0.39, 0.29) is 30.0 Å². The molecule has 4 aromatic rings. The van der Waals surface area contributed by atoms with Crippen LogP contribution in [0.25, 0.3) is 11.0 Å². The van der Waals surface area contributed by atoms with Crippen LogP contribution in [0.4, 0.5) is 0 Å². The van der Waals surface area contributed by atoms with Crippen molar-refractivity contribution in [2.24, 2.45) is 0 Å². The highest BCUT2D eigenvalue weighted by Crippen LogP contribution is 2.44. The standard InChI is InChI=1S/C34H40N4O5S/c1-4-6-9-25-21-38(44(41,42)32-11-8-7-10-31(32)43-25)29-16-14-23-12-13-24(19-28(23)29)27(20-33(39)40)26-15-17-30-34(22(26)3)35-36-37(30)18-5-2/h7-8,10-13,15,17,19,25,27,29H,4-6,9,14,16,18,20-21H2,1-3H3,(H,39,40). The molecule has 1 aliphatic heterocycles. The van der Waals surface area contributed by atoms with E-state index in [0.29, 0.717) is 12.2 Å². The summed E-state index contributed by atoms with van der Waals surface area (Å²) in [5.74, 6) is -0.919. The molecule has 9 nitrogen and oxygen atoms in total. The number of benzene rings is 3. The lowest BCUT2D eigenvalue weighted by Crippen LogP contribution is -2.39. The zero-order chi connectivity index (χ0) is 31.0. The molecule has 232 valence electrons. The Morgan fingerprint density at radius 3 is 2.70 bits per heavy atom. The monoisotopic (exact) mass is 616 g/mol. The molecule has 2 aliphatic rings. The van der Waals surface area contributed by atoms with Crippen molar-refractivity contribution >= 4 is 27.0 Å². The van der Waals surface area contributed by atoms with Crippen LogP contribution in [0.1, 0.15) is 92.1 Å². The number of aromatic nitrogens is 3. The molecule has 0 radical (unpaired) electrons. The van der Waals surface area contributed by atoms with Crippen molar-refractivity contribution in [1.29, 1.82) is 0 Å². The predicted molar refractivity (Wildman–Crippen MR) is 168 cm³/mol. The van der Waals surface area contributed by atoms with Crippen LogP contribution in [0.5, 0.6) is 5.75 Å². The summed E-state index contributed by atoms with van der Waals surface area (Å²) < 4.78 is 38.2. The number of para-hydroxylation sites is 1. The van der Waals surface area contributed by atoms with Crippen molar-refractivity contribution < 1.29 is 23.1 Å². The molecule has 0 amide bonds. The van der Waals surface area contributed by atoms with Gasteiger partial charge in [-0.25, -0.2) is 13.1 Å². The zero-order valence-corrected chi connectivity index (χ0v) is 26.4. The van der Waals surface area contributed by atoms with Gasteiger partial charge in [0.1, 0.15) is 22.3 Å². The largest absolute Gasteiger partial charge is 0.488 e. The van der Waals surface area contributed by atoms with Crippen molar-refractivity contribution in [3.63, 3.8) is 0 Å². The Hall–Kier alpha value is -3.76. The van der Waals surface area contributed by atoms with Crippen LogP contribution in [0.3, 0.4) is 0 Å². The number of carboxylic acids is 1. The topological polar surface area (TPSA) is 115 Å². The van der Waals surface area contributed by atoms with E-state index in [1.807, 2.05) is 48.0 Å². The second kappa shape index (κ2) is 12.3. The van der Waals surface area contributed by atoms with Gasteiger partial charge in [0.05, 0.1) is 24.5 Å². The van der Waals surface area contributed by atoms with Gasteiger partial charge in [-0.05, 0) is 85.0 Å². The summed E-state index contributed by atoms with van der Waals surface area (Å²) in [6.07, 6.45) is 4.70. The van der Waals surface area contributed by atoms with Gasteiger partial charge in [0.25, 0.3) is 0 Å². The fraction of sp³-hybridized carbons (Fsp3) is 0.441. The van der Waals surface area contributed by atoms with Crippen LogP contribution >= 0.6 is 0 Å². The number of fused-ring (bicyclic) bond motifs is 3. The van der Waals surface area contributed by atoms with E-state index in [9.17, 15) is 18.3 Å². The van der Waals surface area contributed by atoms with E-state index in [1.165, 1.54) is 0 Å². The molecule has 3 unspecified atom stereocenters. The van der Waals surface area contributed by atoms with E-state index in [0.717, 1.165) is 77.5 Å². The van der Waals surface area contributed by atoms with Gasteiger partial charge >= 0.3 is 5.97 Å². The second-order valence-electron chi connectivity index (χ2n) is 12.0. The van der Waals surface area contributed by atoms with Gasteiger partial charge in [-0.2, -0.15) is 4.31 Å². The van der Waals surface area contributed by atoms with Gasteiger partial charge in [0.15, 0.2) is 0 Å². The lowest BCUT2D eigenvalue weighted by molar-refractivity contribution is -0.137. The predicted octanol–water partition coefficient (Wildman–Crippen LogP) is 6.39. The summed E-state index contributed by atoms with van der Waals surface area (Å²) in [7, 11) is -3.84. The van der Waals surface area contributed by atoms with E-state index in [4.69, 9.17) is 4.74 Å².